The predicted octanol–water partition coefficient (Wildman–Crippen LogP) is 4.57. The van der Waals surface area contributed by atoms with Crippen LogP contribution in [0.1, 0.15) is 50.0 Å². The maximum Gasteiger partial charge on any atom is 0.401 e. The Morgan fingerprint density at radius 2 is 1.09 bits per heavy atom. The lowest BCUT2D eigenvalue weighted by atomic mass is 10.1. The van der Waals surface area contributed by atoms with Crippen LogP contribution in [0, 0.1) is 0 Å². The number of hydrogen-bond acceptors (Lipinski definition) is 4. The van der Waals surface area contributed by atoms with Gasteiger partial charge in [-0.15, -0.1) is 0 Å². The Kier molecular flexibility index (Phi) is 6.33. The zero-order chi connectivity index (χ0) is 16.7. The summed E-state index contributed by atoms with van der Waals surface area (Å²) in [7, 11) is -4.10. The van der Waals surface area contributed by atoms with Crippen LogP contribution in [0.4, 0.5) is 0 Å². The van der Waals surface area contributed by atoms with Crippen molar-refractivity contribution in [3.8, 4) is 0 Å². The zero-order valence-electron chi connectivity index (χ0n) is 13.4. The van der Waals surface area contributed by atoms with E-state index in [1.54, 1.807) is 0 Å². The highest BCUT2D eigenvalue weighted by atomic mass is 32.3. The summed E-state index contributed by atoms with van der Waals surface area (Å²) in [6.07, 6.45) is -0.0207. The second-order valence-corrected chi connectivity index (χ2v) is 6.42. The third kappa shape index (κ3) is 5.16. The molecule has 4 nitrogen and oxygen atoms in total. The maximum absolute atomic E-state index is 12.3. The maximum atomic E-state index is 12.3. The average molecular weight is 334 g/mol. The van der Waals surface area contributed by atoms with E-state index in [-0.39, 0.29) is 0 Å². The average Bonchev–Trinajstić information content (AvgIpc) is 2.59. The Balaban J connectivity index is 2.11. The van der Waals surface area contributed by atoms with E-state index in [9.17, 15) is 8.42 Å². The Labute approximate surface area is 138 Å². The van der Waals surface area contributed by atoms with Crippen LogP contribution in [-0.4, -0.2) is 8.42 Å². The lowest BCUT2D eigenvalue weighted by molar-refractivity contribution is 0.119. The van der Waals surface area contributed by atoms with Crippen molar-refractivity contribution in [3.05, 3.63) is 71.8 Å². The van der Waals surface area contributed by atoms with Gasteiger partial charge in [-0.2, -0.15) is 8.42 Å². The van der Waals surface area contributed by atoms with E-state index < -0.39 is 22.6 Å². The normalized spacial score (nSPS) is 14.3. The highest BCUT2D eigenvalue weighted by Crippen LogP contribution is 2.28. The van der Waals surface area contributed by atoms with E-state index in [2.05, 4.69) is 0 Å². The molecule has 0 saturated heterocycles. The highest BCUT2D eigenvalue weighted by Gasteiger charge is 2.25. The van der Waals surface area contributed by atoms with E-state index in [1.807, 2.05) is 74.5 Å². The molecule has 0 aliphatic heterocycles. The van der Waals surface area contributed by atoms with E-state index in [0.717, 1.165) is 11.1 Å². The van der Waals surface area contributed by atoms with Crippen LogP contribution in [0.5, 0.6) is 0 Å². The summed E-state index contributed by atoms with van der Waals surface area (Å²) in [5.74, 6) is 0. The molecule has 0 N–H and O–H groups in total. The van der Waals surface area contributed by atoms with Crippen molar-refractivity contribution in [2.45, 2.75) is 38.9 Å². The molecule has 0 aliphatic rings. The largest absolute Gasteiger partial charge is 0.401 e. The van der Waals surface area contributed by atoms with Gasteiger partial charge in [-0.05, 0) is 24.0 Å². The van der Waals surface area contributed by atoms with Crippen molar-refractivity contribution >= 4 is 10.4 Å². The molecule has 2 aromatic rings. The molecule has 0 spiro atoms. The number of rotatable bonds is 8. The van der Waals surface area contributed by atoms with Gasteiger partial charge in [0.15, 0.2) is 0 Å². The molecular weight excluding hydrogens is 312 g/mol. The first-order chi connectivity index (χ1) is 11.1. The van der Waals surface area contributed by atoms with Crippen LogP contribution in [-0.2, 0) is 18.8 Å². The van der Waals surface area contributed by atoms with Gasteiger partial charge in [0.1, 0.15) is 12.2 Å². The van der Waals surface area contributed by atoms with Crippen molar-refractivity contribution in [1.82, 2.24) is 0 Å². The fraction of sp³-hybridized carbons (Fsp3) is 0.333. The molecule has 0 bridgehead atoms. The molecule has 23 heavy (non-hydrogen) atoms. The summed E-state index contributed by atoms with van der Waals surface area (Å²) in [6, 6.07) is 18.6. The first-order valence-corrected chi connectivity index (χ1v) is 9.10. The standard InChI is InChI=1S/C18H22O4S/c1-3-17(15-11-7-5-8-12-15)21-23(19,20)22-18(4-2)16-13-9-6-10-14-16/h5-14,17-18H,3-4H2,1-2H3. The topological polar surface area (TPSA) is 52.6 Å². The van der Waals surface area contributed by atoms with Gasteiger partial charge in [0.05, 0.1) is 0 Å². The number of hydrogen-bond donors (Lipinski definition) is 0. The predicted molar refractivity (Wildman–Crippen MR) is 90.0 cm³/mol. The van der Waals surface area contributed by atoms with E-state index in [1.165, 1.54) is 0 Å². The number of benzene rings is 2. The second-order valence-electron chi connectivity index (χ2n) is 5.22. The monoisotopic (exact) mass is 334 g/mol. The molecule has 0 aliphatic carbocycles. The van der Waals surface area contributed by atoms with Gasteiger partial charge in [0, 0.05) is 0 Å². The molecular formula is C18H22O4S. The van der Waals surface area contributed by atoms with Crippen molar-refractivity contribution in [3.63, 3.8) is 0 Å². The van der Waals surface area contributed by atoms with Crippen LogP contribution in [0.25, 0.3) is 0 Å². The SMILES string of the molecule is CCC(OS(=O)(=O)OC(CC)c1ccccc1)c1ccccc1. The molecule has 2 aromatic carbocycles. The summed E-state index contributed by atoms with van der Waals surface area (Å²) in [4.78, 5) is 0. The molecule has 0 fully saturated rings. The smallest absolute Gasteiger partial charge is 0.240 e. The third-order valence-electron chi connectivity index (χ3n) is 3.55. The highest BCUT2D eigenvalue weighted by molar-refractivity contribution is 7.81. The van der Waals surface area contributed by atoms with Crippen LogP contribution in [0.3, 0.4) is 0 Å². The molecule has 124 valence electrons. The van der Waals surface area contributed by atoms with Crippen LogP contribution in [0.2, 0.25) is 0 Å². The molecule has 0 saturated carbocycles. The van der Waals surface area contributed by atoms with E-state index in [4.69, 9.17) is 8.37 Å². The summed E-state index contributed by atoms with van der Waals surface area (Å²) in [5, 5.41) is 0. The Hall–Kier alpha value is -1.69. The van der Waals surface area contributed by atoms with Crippen molar-refractivity contribution in [2.24, 2.45) is 0 Å². The van der Waals surface area contributed by atoms with Gasteiger partial charge in [-0.3, -0.25) is 0 Å². The molecule has 2 unspecified atom stereocenters. The Bertz CT molecular complexity index is 628. The molecule has 0 aromatic heterocycles. The Morgan fingerprint density at radius 3 is 1.39 bits per heavy atom. The van der Waals surface area contributed by atoms with Crippen molar-refractivity contribution < 1.29 is 16.8 Å². The van der Waals surface area contributed by atoms with E-state index in [0.29, 0.717) is 12.8 Å². The van der Waals surface area contributed by atoms with Gasteiger partial charge >= 0.3 is 10.4 Å². The van der Waals surface area contributed by atoms with Gasteiger partial charge in [-0.25, -0.2) is 8.37 Å². The van der Waals surface area contributed by atoms with Crippen molar-refractivity contribution in [2.75, 3.05) is 0 Å². The molecule has 0 heterocycles. The summed E-state index contributed by atoms with van der Waals surface area (Å²) in [6.45, 7) is 3.75. The quantitative estimate of drug-likeness (QED) is 0.710. The van der Waals surface area contributed by atoms with Crippen LogP contribution >= 0.6 is 0 Å². The lowest BCUT2D eigenvalue weighted by Crippen LogP contribution is -2.17. The van der Waals surface area contributed by atoms with E-state index >= 15 is 0 Å². The van der Waals surface area contributed by atoms with Gasteiger partial charge < -0.3 is 0 Å². The minimum Gasteiger partial charge on any atom is -0.240 e. The fourth-order valence-corrected chi connectivity index (χ4v) is 3.47. The Morgan fingerprint density at radius 1 is 0.739 bits per heavy atom. The second kappa shape index (κ2) is 8.24. The minimum absolute atomic E-state index is 0.536. The van der Waals surface area contributed by atoms with Crippen LogP contribution < -0.4 is 0 Å². The fourth-order valence-electron chi connectivity index (χ4n) is 2.36. The summed E-state index contributed by atoms with van der Waals surface area (Å²) in [5.41, 5.74) is 1.63. The molecule has 5 heteroatoms. The molecule has 0 radical (unpaired) electrons. The van der Waals surface area contributed by atoms with Gasteiger partial charge in [0.25, 0.3) is 0 Å². The first-order valence-electron chi connectivity index (χ1n) is 7.77. The zero-order valence-corrected chi connectivity index (χ0v) is 14.2. The molecule has 2 atom stereocenters. The first kappa shape index (κ1) is 17.7. The van der Waals surface area contributed by atoms with Crippen molar-refractivity contribution in [1.29, 1.82) is 0 Å². The molecule has 2 rings (SSSR count). The van der Waals surface area contributed by atoms with Gasteiger partial charge in [0.2, 0.25) is 0 Å². The van der Waals surface area contributed by atoms with Gasteiger partial charge in [-0.1, -0.05) is 74.5 Å². The summed E-state index contributed by atoms with van der Waals surface area (Å²) >= 11 is 0. The minimum atomic E-state index is -4.10. The summed E-state index contributed by atoms with van der Waals surface area (Å²) < 4.78 is 35.1. The van der Waals surface area contributed by atoms with Crippen LogP contribution in [0.15, 0.2) is 60.7 Å². The molecule has 0 amide bonds. The lowest BCUT2D eigenvalue weighted by Gasteiger charge is -2.19. The third-order valence-corrected chi connectivity index (χ3v) is 4.49.